The zero-order valence-corrected chi connectivity index (χ0v) is 20.4. The second-order valence-corrected chi connectivity index (χ2v) is 12.1. The van der Waals surface area contributed by atoms with Crippen molar-refractivity contribution in [3.8, 4) is 0 Å². The van der Waals surface area contributed by atoms with E-state index in [4.69, 9.17) is 0 Å². The van der Waals surface area contributed by atoms with Gasteiger partial charge in [0.05, 0.1) is 6.04 Å². The van der Waals surface area contributed by atoms with Crippen LogP contribution in [0.15, 0.2) is 53.4 Å². The van der Waals surface area contributed by atoms with Gasteiger partial charge in [-0.15, -0.1) is 0 Å². The van der Waals surface area contributed by atoms with E-state index < -0.39 is 15.8 Å². The highest BCUT2D eigenvalue weighted by atomic mass is 32.2. The van der Waals surface area contributed by atoms with Gasteiger partial charge in [-0.1, -0.05) is 57.2 Å². The molecule has 2 aromatic carbocycles. The van der Waals surface area contributed by atoms with E-state index in [9.17, 15) is 17.6 Å². The van der Waals surface area contributed by atoms with Gasteiger partial charge in [0.15, 0.2) is 0 Å². The summed E-state index contributed by atoms with van der Waals surface area (Å²) in [5.74, 6) is -0.833. The van der Waals surface area contributed by atoms with Crippen LogP contribution in [0.4, 0.5) is 4.39 Å². The van der Waals surface area contributed by atoms with Gasteiger partial charge in [-0.3, -0.25) is 4.79 Å². The van der Waals surface area contributed by atoms with Gasteiger partial charge in [-0.25, -0.2) is 12.8 Å². The van der Waals surface area contributed by atoms with E-state index in [1.807, 2.05) is 4.90 Å². The molecule has 2 fully saturated rings. The van der Waals surface area contributed by atoms with Crippen molar-refractivity contribution in [2.45, 2.75) is 62.8 Å². The molecule has 2 saturated heterocycles. The second-order valence-electron chi connectivity index (χ2n) is 10.2. The Bertz CT molecular complexity index is 1100. The van der Waals surface area contributed by atoms with E-state index >= 15 is 0 Å². The molecule has 0 radical (unpaired) electrons. The first-order valence-electron chi connectivity index (χ1n) is 11.7. The van der Waals surface area contributed by atoms with Gasteiger partial charge in [0, 0.05) is 25.6 Å². The van der Waals surface area contributed by atoms with Crippen molar-refractivity contribution in [2.24, 2.45) is 5.92 Å². The topological polar surface area (TPSA) is 57.7 Å². The number of nitrogens with zero attached hydrogens (tertiary/aromatic N) is 2. The normalized spacial score (nSPS) is 20.8. The summed E-state index contributed by atoms with van der Waals surface area (Å²) in [6.07, 6.45) is 2.83. The number of amides is 1. The van der Waals surface area contributed by atoms with Gasteiger partial charge in [0.25, 0.3) is 0 Å². The molecule has 2 heterocycles. The molecule has 2 aliphatic heterocycles. The first kappa shape index (κ1) is 23.9. The molecule has 2 aliphatic rings. The maximum absolute atomic E-state index is 14.1. The molecular formula is C26H33FN2O3S. The molecule has 33 heavy (non-hydrogen) atoms. The summed E-state index contributed by atoms with van der Waals surface area (Å²) in [7, 11) is -3.90. The van der Waals surface area contributed by atoms with Crippen molar-refractivity contribution < 1.29 is 17.6 Å². The zero-order valence-electron chi connectivity index (χ0n) is 19.6. The Labute approximate surface area is 196 Å². The number of carbonyl (C=O) groups excluding carboxylic acids is 1. The summed E-state index contributed by atoms with van der Waals surface area (Å²) in [4.78, 5) is 15.1. The number of likely N-dealkylation sites (tertiary alicyclic amines) is 1. The quantitative estimate of drug-likeness (QED) is 0.637. The first-order valence-corrected chi connectivity index (χ1v) is 13.2. The molecule has 0 N–H and O–H groups in total. The monoisotopic (exact) mass is 472 g/mol. The van der Waals surface area contributed by atoms with Crippen LogP contribution < -0.4 is 0 Å². The number of halogens is 1. The molecule has 0 aromatic heterocycles. The fourth-order valence-corrected chi connectivity index (χ4v) is 6.49. The van der Waals surface area contributed by atoms with Gasteiger partial charge >= 0.3 is 0 Å². The standard InChI is InChI=1S/C26H33FN2O3S/c1-26(2,3)21-12-10-19(11-13-21)23-8-6-16-29(23)25(30)20-14-17-28(18-15-20)33(31,32)24-9-5-4-7-22(24)27/h4-5,7,9-13,20,23H,6,8,14-18H2,1-3H3. The lowest BCUT2D eigenvalue weighted by Gasteiger charge is -2.34. The van der Waals surface area contributed by atoms with Gasteiger partial charge in [-0.05, 0) is 54.4 Å². The highest BCUT2D eigenvalue weighted by molar-refractivity contribution is 7.89. The molecule has 5 nitrogen and oxygen atoms in total. The highest BCUT2D eigenvalue weighted by Gasteiger charge is 2.38. The summed E-state index contributed by atoms with van der Waals surface area (Å²) in [5, 5.41) is 0. The van der Waals surface area contributed by atoms with E-state index in [0.717, 1.165) is 31.0 Å². The lowest BCUT2D eigenvalue weighted by atomic mass is 9.86. The molecule has 2 aromatic rings. The molecule has 178 valence electrons. The Kier molecular flexibility index (Phi) is 6.65. The van der Waals surface area contributed by atoms with E-state index in [2.05, 4.69) is 45.0 Å². The minimum atomic E-state index is -3.90. The maximum Gasteiger partial charge on any atom is 0.245 e. The fraction of sp³-hybridized carbons (Fsp3) is 0.500. The molecule has 0 aliphatic carbocycles. The van der Waals surface area contributed by atoms with Crippen LogP contribution in [-0.4, -0.2) is 43.2 Å². The molecule has 0 bridgehead atoms. The number of rotatable bonds is 4. The van der Waals surface area contributed by atoms with E-state index in [0.29, 0.717) is 12.8 Å². The minimum Gasteiger partial charge on any atom is -0.335 e. The largest absolute Gasteiger partial charge is 0.335 e. The Morgan fingerprint density at radius 2 is 1.58 bits per heavy atom. The Morgan fingerprint density at radius 1 is 0.939 bits per heavy atom. The Morgan fingerprint density at radius 3 is 2.18 bits per heavy atom. The molecule has 7 heteroatoms. The number of hydrogen-bond acceptors (Lipinski definition) is 3. The van der Waals surface area contributed by atoms with Crippen LogP contribution >= 0.6 is 0 Å². The van der Waals surface area contributed by atoms with Crippen LogP contribution in [0.5, 0.6) is 0 Å². The number of benzene rings is 2. The van der Waals surface area contributed by atoms with Gasteiger partial charge in [0.2, 0.25) is 15.9 Å². The van der Waals surface area contributed by atoms with Crippen LogP contribution in [0.25, 0.3) is 0 Å². The number of carbonyl (C=O) groups is 1. The molecular weight excluding hydrogens is 439 g/mol. The summed E-state index contributed by atoms with van der Waals surface area (Å²) >= 11 is 0. The van der Waals surface area contributed by atoms with Crippen molar-refractivity contribution >= 4 is 15.9 Å². The van der Waals surface area contributed by atoms with Crippen molar-refractivity contribution in [1.82, 2.24) is 9.21 Å². The zero-order chi connectivity index (χ0) is 23.8. The molecule has 1 unspecified atom stereocenters. The molecule has 1 amide bonds. The van der Waals surface area contributed by atoms with E-state index in [1.54, 1.807) is 0 Å². The number of piperidine rings is 1. The van der Waals surface area contributed by atoms with Crippen molar-refractivity contribution in [1.29, 1.82) is 0 Å². The summed E-state index contributed by atoms with van der Waals surface area (Å²) in [6, 6.07) is 14.1. The van der Waals surface area contributed by atoms with E-state index in [-0.39, 0.29) is 41.3 Å². The predicted molar refractivity (Wildman–Crippen MR) is 127 cm³/mol. The van der Waals surface area contributed by atoms with Gasteiger partial charge in [-0.2, -0.15) is 4.31 Å². The van der Waals surface area contributed by atoms with Crippen molar-refractivity contribution in [2.75, 3.05) is 19.6 Å². The van der Waals surface area contributed by atoms with Crippen LogP contribution in [-0.2, 0) is 20.2 Å². The maximum atomic E-state index is 14.1. The Hall–Kier alpha value is -2.25. The van der Waals surface area contributed by atoms with Crippen LogP contribution in [0.2, 0.25) is 0 Å². The smallest absolute Gasteiger partial charge is 0.245 e. The van der Waals surface area contributed by atoms with Crippen molar-refractivity contribution in [3.63, 3.8) is 0 Å². The van der Waals surface area contributed by atoms with Crippen LogP contribution in [0.1, 0.15) is 63.6 Å². The number of hydrogen-bond donors (Lipinski definition) is 0. The predicted octanol–water partition coefficient (Wildman–Crippen LogP) is 4.89. The lowest BCUT2D eigenvalue weighted by Crippen LogP contribution is -2.44. The lowest BCUT2D eigenvalue weighted by molar-refractivity contribution is -0.137. The summed E-state index contributed by atoms with van der Waals surface area (Å²) in [5.41, 5.74) is 2.51. The highest BCUT2D eigenvalue weighted by Crippen LogP contribution is 2.36. The molecule has 1 atom stereocenters. The average molecular weight is 473 g/mol. The molecule has 0 spiro atoms. The summed E-state index contributed by atoms with van der Waals surface area (Å²) < 4.78 is 41.1. The molecule has 4 rings (SSSR count). The number of sulfonamides is 1. The van der Waals surface area contributed by atoms with Gasteiger partial charge < -0.3 is 4.90 Å². The SMILES string of the molecule is CC(C)(C)c1ccc(C2CCCN2C(=O)C2CCN(S(=O)(=O)c3ccccc3F)CC2)cc1. The van der Waals surface area contributed by atoms with Crippen LogP contribution in [0.3, 0.4) is 0 Å². The third kappa shape index (κ3) is 4.85. The third-order valence-electron chi connectivity index (χ3n) is 6.96. The minimum absolute atomic E-state index is 0.0756. The average Bonchev–Trinajstić information content (AvgIpc) is 3.28. The van der Waals surface area contributed by atoms with Crippen LogP contribution in [0, 0.1) is 11.7 Å². The van der Waals surface area contributed by atoms with E-state index in [1.165, 1.54) is 28.1 Å². The van der Waals surface area contributed by atoms with Gasteiger partial charge in [0.1, 0.15) is 10.7 Å². The second kappa shape index (κ2) is 9.18. The Balaban J connectivity index is 1.42. The first-order chi connectivity index (χ1) is 15.6. The molecule has 0 saturated carbocycles. The third-order valence-corrected chi connectivity index (χ3v) is 8.89. The summed E-state index contributed by atoms with van der Waals surface area (Å²) in [6.45, 7) is 7.75. The fourth-order valence-electron chi connectivity index (χ4n) is 4.95. The van der Waals surface area contributed by atoms with Crippen molar-refractivity contribution in [3.05, 3.63) is 65.5 Å².